The van der Waals surface area contributed by atoms with Crippen molar-refractivity contribution in [1.29, 1.82) is 0 Å². The summed E-state index contributed by atoms with van der Waals surface area (Å²) >= 11 is 3.30. The van der Waals surface area contributed by atoms with Crippen LogP contribution in [0.4, 0.5) is 0 Å². The Hall–Kier alpha value is -1.70. The monoisotopic (exact) mass is 466 g/mol. The average Bonchev–Trinajstić information content (AvgIpc) is 2.62. The standard InChI is InChI=1S/C21H27BrN2O3S/c1-6-24(28(26,27)19-9-7-18(22)8-10-19)13-21(25)23-17(5)20-12-15(3)14(2)11-16(20)4/h7-12,17H,6,13H2,1-5H3,(H,23,25). The van der Waals surface area contributed by atoms with Crippen LogP contribution in [0.25, 0.3) is 0 Å². The van der Waals surface area contributed by atoms with Crippen LogP contribution in [0.15, 0.2) is 45.8 Å². The average molecular weight is 467 g/mol. The van der Waals surface area contributed by atoms with E-state index in [-0.39, 0.29) is 29.9 Å². The smallest absolute Gasteiger partial charge is 0.243 e. The topological polar surface area (TPSA) is 66.5 Å². The number of hydrogen-bond donors (Lipinski definition) is 1. The zero-order chi connectivity index (χ0) is 21.1. The highest BCUT2D eigenvalue weighted by Crippen LogP contribution is 2.22. The van der Waals surface area contributed by atoms with E-state index in [9.17, 15) is 13.2 Å². The number of sulfonamides is 1. The van der Waals surface area contributed by atoms with Gasteiger partial charge in [0, 0.05) is 11.0 Å². The van der Waals surface area contributed by atoms with Crippen molar-refractivity contribution in [2.75, 3.05) is 13.1 Å². The highest BCUT2D eigenvalue weighted by Gasteiger charge is 2.26. The highest BCUT2D eigenvalue weighted by molar-refractivity contribution is 9.10. The van der Waals surface area contributed by atoms with Crippen molar-refractivity contribution in [2.24, 2.45) is 0 Å². The summed E-state index contributed by atoms with van der Waals surface area (Å²) in [5, 5.41) is 2.93. The van der Waals surface area contributed by atoms with E-state index < -0.39 is 10.0 Å². The molecule has 152 valence electrons. The number of rotatable bonds is 7. The second kappa shape index (κ2) is 9.20. The third kappa shape index (κ3) is 5.21. The Morgan fingerprint density at radius 2 is 1.64 bits per heavy atom. The number of nitrogens with one attached hydrogen (secondary N) is 1. The fraction of sp³-hybridized carbons (Fsp3) is 0.381. The van der Waals surface area contributed by atoms with Crippen LogP contribution >= 0.6 is 15.9 Å². The second-order valence-corrected chi connectivity index (χ2v) is 9.82. The number of likely N-dealkylation sites (N-methyl/N-ethyl adjacent to an activating group) is 1. The quantitative estimate of drug-likeness (QED) is 0.662. The van der Waals surface area contributed by atoms with Gasteiger partial charge in [0.05, 0.1) is 17.5 Å². The fourth-order valence-electron chi connectivity index (χ4n) is 3.10. The zero-order valence-electron chi connectivity index (χ0n) is 16.9. The number of carbonyl (C=O) groups is 1. The van der Waals surface area contributed by atoms with Gasteiger partial charge < -0.3 is 5.32 Å². The maximum Gasteiger partial charge on any atom is 0.243 e. The summed E-state index contributed by atoms with van der Waals surface area (Å²) in [5.74, 6) is -0.326. The lowest BCUT2D eigenvalue weighted by Gasteiger charge is -2.23. The van der Waals surface area contributed by atoms with Gasteiger partial charge in [0.15, 0.2) is 0 Å². The molecular formula is C21H27BrN2O3S. The summed E-state index contributed by atoms with van der Waals surface area (Å²) in [6.07, 6.45) is 0. The molecule has 0 heterocycles. The minimum atomic E-state index is -3.73. The van der Waals surface area contributed by atoms with Crippen LogP contribution in [0.5, 0.6) is 0 Å². The molecule has 0 fully saturated rings. The number of halogens is 1. The van der Waals surface area contributed by atoms with E-state index in [1.165, 1.54) is 22.0 Å². The third-order valence-electron chi connectivity index (χ3n) is 4.85. The van der Waals surface area contributed by atoms with Gasteiger partial charge in [-0.15, -0.1) is 0 Å². The highest BCUT2D eigenvalue weighted by atomic mass is 79.9. The van der Waals surface area contributed by atoms with Crippen LogP contribution in [0.2, 0.25) is 0 Å². The van der Waals surface area contributed by atoms with Crippen LogP contribution in [0.1, 0.15) is 42.1 Å². The predicted octanol–water partition coefficient (Wildman–Crippen LogP) is 4.26. The first kappa shape index (κ1) is 22.6. The molecule has 1 unspecified atom stereocenters. The van der Waals surface area contributed by atoms with Crippen molar-refractivity contribution in [1.82, 2.24) is 9.62 Å². The summed E-state index contributed by atoms with van der Waals surface area (Å²) in [4.78, 5) is 12.7. The van der Waals surface area contributed by atoms with Crippen LogP contribution in [0.3, 0.4) is 0 Å². The normalized spacial score (nSPS) is 12.8. The van der Waals surface area contributed by atoms with Gasteiger partial charge in [-0.1, -0.05) is 35.0 Å². The molecule has 0 aliphatic heterocycles. The Morgan fingerprint density at radius 1 is 1.07 bits per heavy atom. The molecule has 1 amide bonds. The predicted molar refractivity (Wildman–Crippen MR) is 116 cm³/mol. The summed E-state index contributed by atoms with van der Waals surface area (Å²) in [6.45, 7) is 9.74. The lowest BCUT2D eigenvalue weighted by molar-refractivity contribution is -0.121. The minimum Gasteiger partial charge on any atom is -0.348 e. The Labute approximate surface area is 176 Å². The van der Waals surface area contributed by atoms with E-state index in [1.807, 2.05) is 20.8 Å². The Bertz CT molecular complexity index is 956. The number of benzene rings is 2. The molecular weight excluding hydrogens is 440 g/mol. The first-order chi connectivity index (χ1) is 13.1. The fourth-order valence-corrected chi connectivity index (χ4v) is 4.77. The number of hydrogen-bond acceptors (Lipinski definition) is 3. The van der Waals surface area contributed by atoms with Crippen LogP contribution in [-0.2, 0) is 14.8 Å². The Kier molecular flexibility index (Phi) is 7.42. The Balaban J connectivity index is 2.14. The molecule has 0 radical (unpaired) electrons. The number of amides is 1. The maximum atomic E-state index is 12.8. The lowest BCUT2D eigenvalue weighted by atomic mass is 9.96. The van der Waals surface area contributed by atoms with Crippen LogP contribution in [-0.4, -0.2) is 31.7 Å². The second-order valence-electron chi connectivity index (χ2n) is 6.97. The first-order valence-electron chi connectivity index (χ1n) is 9.19. The number of nitrogens with zero attached hydrogens (tertiary/aromatic N) is 1. The lowest BCUT2D eigenvalue weighted by Crippen LogP contribution is -2.41. The van der Waals surface area contributed by atoms with E-state index in [2.05, 4.69) is 40.3 Å². The molecule has 0 spiro atoms. The first-order valence-corrected chi connectivity index (χ1v) is 11.4. The van der Waals surface area contributed by atoms with Crippen molar-refractivity contribution >= 4 is 31.9 Å². The largest absolute Gasteiger partial charge is 0.348 e. The molecule has 2 aromatic carbocycles. The molecule has 0 bridgehead atoms. The summed E-state index contributed by atoms with van der Waals surface area (Å²) < 4.78 is 27.6. The molecule has 0 saturated heterocycles. The van der Waals surface area contributed by atoms with Gasteiger partial charge in [0.1, 0.15) is 0 Å². The number of carbonyl (C=O) groups excluding carboxylic acids is 1. The summed E-state index contributed by atoms with van der Waals surface area (Å²) in [7, 11) is -3.73. The van der Waals surface area contributed by atoms with E-state index in [1.54, 1.807) is 19.1 Å². The molecule has 0 aromatic heterocycles. The SMILES string of the molecule is CCN(CC(=O)NC(C)c1cc(C)c(C)cc1C)S(=O)(=O)c1ccc(Br)cc1. The van der Waals surface area contributed by atoms with Gasteiger partial charge in [0.2, 0.25) is 15.9 Å². The van der Waals surface area contributed by atoms with E-state index in [0.717, 1.165) is 21.2 Å². The molecule has 0 saturated carbocycles. The number of aryl methyl sites for hydroxylation is 3. The van der Waals surface area contributed by atoms with Gasteiger partial charge in [0.25, 0.3) is 0 Å². The van der Waals surface area contributed by atoms with Crippen LogP contribution < -0.4 is 5.32 Å². The van der Waals surface area contributed by atoms with E-state index >= 15 is 0 Å². The molecule has 0 aliphatic carbocycles. The van der Waals surface area contributed by atoms with E-state index in [0.29, 0.717) is 0 Å². The van der Waals surface area contributed by atoms with Crippen molar-refractivity contribution in [3.63, 3.8) is 0 Å². The summed E-state index contributed by atoms with van der Waals surface area (Å²) in [5.41, 5.74) is 4.51. The molecule has 5 nitrogen and oxygen atoms in total. The third-order valence-corrected chi connectivity index (χ3v) is 7.31. The zero-order valence-corrected chi connectivity index (χ0v) is 19.3. The van der Waals surface area contributed by atoms with Gasteiger partial charge in [-0.3, -0.25) is 4.79 Å². The van der Waals surface area contributed by atoms with E-state index in [4.69, 9.17) is 0 Å². The van der Waals surface area contributed by atoms with Crippen molar-refractivity contribution in [3.05, 3.63) is 63.1 Å². The molecule has 2 aromatic rings. The van der Waals surface area contributed by atoms with Gasteiger partial charge in [-0.2, -0.15) is 4.31 Å². The van der Waals surface area contributed by atoms with Gasteiger partial charge in [-0.05, 0) is 74.2 Å². The molecule has 1 N–H and O–H groups in total. The molecule has 0 aliphatic rings. The molecule has 2 rings (SSSR count). The van der Waals surface area contributed by atoms with Crippen molar-refractivity contribution < 1.29 is 13.2 Å². The molecule has 28 heavy (non-hydrogen) atoms. The molecule has 7 heteroatoms. The van der Waals surface area contributed by atoms with Gasteiger partial charge in [-0.25, -0.2) is 8.42 Å². The summed E-state index contributed by atoms with van der Waals surface area (Å²) in [6, 6.07) is 10.4. The Morgan fingerprint density at radius 3 is 2.21 bits per heavy atom. The van der Waals surface area contributed by atoms with Gasteiger partial charge >= 0.3 is 0 Å². The minimum absolute atomic E-state index is 0.170. The van der Waals surface area contributed by atoms with Crippen LogP contribution in [0, 0.1) is 20.8 Å². The molecule has 1 atom stereocenters. The van der Waals surface area contributed by atoms with Crippen molar-refractivity contribution in [3.8, 4) is 0 Å². The van der Waals surface area contributed by atoms with Crippen molar-refractivity contribution in [2.45, 2.75) is 45.6 Å². The maximum absolute atomic E-state index is 12.8.